The van der Waals surface area contributed by atoms with Crippen molar-refractivity contribution in [2.24, 2.45) is 0 Å². The maximum absolute atomic E-state index is 12.8. The third-order valence-electron chi connectivity index (χ3n) is 1.70. The lowest BCUT2D eigenvalue weighted by molar-refractivity contribution is 0.272. The Kier molecular flexibility index (Phi) is 3.03. The summed E-state index contributed by atoms with van der Waals surface area (Å²) in [6, 6.07) is 3.82. The summed E-state index contributed by atoms with van der Waals surface area (Å²) in [5, 5.41) is 8.47. The topological polar surface area (TPSA) is 33.0 Å². The van der Waals surface area contributed by atoms with Crippen molar-refractivity contribution < 1.29 is 13.5 Å². The van der Waals surface area contributed by atoms with Crippen LogP contribution in [-0.4, -0.2) is 6.10 Å². The number of halogens is 2. The number of hydrogen-bond donors (Lipinski definition) is 0. The van der Waals surface area contributed by atoms with Crippen molar-refractivity contribution in [3.05, 3.63) is 29.3 Å². The fourth-order valence-electron chi connectivity index (χ4n) is 0.972. The molecule has 0 amide bonds. The van der Waals surface area contributed by atoms with Crippen molar-refractivity contribution >= 4 is 0 Å². The first-order chi connectivity index (χ1) is 6.54. The van der Waals surface area contributed by atoms with Gasteiger partial charge in [0.2, 0.25) is 0 Å². The van der Waals surface area contributed by atoms with Crippen LogP contribution in [0.15, 0.2) is 12.1 Å². The smallest absolute Gasteiger partial charge is 0.181 e. The highest BCUT2D eigenvalue weighted by molar-refractivity contribution is 5.34. The van der Waals surface area contributed by atoms with Crippen molar-refractivity contribution in [3.8, 4) is 11.8 Å². The van der Waals surface area contributed by atoms with Gasteiger partial charge >= 0.3 is 0 Å². The van der Waals surface area contributed by atoms with Crippen molar-refractivity contribution in [1.29, 1.82) is 5.26 Å². The minimum Gasteiger partial charge on any atom is -0.475 e. The summed E-state index contributed by atoms with van der Waals surface area (Å²) in [6.07, 6.45) is -0.682. The second-order valence-electron chi connectivity index (χ2n) is 2.92. The molecule has 14 heavy (non-hydrogen) atoms. The van der Waals surface area contributed by atoms with E-state index in [1.54, 1.807) is 6.92 Å². The van der Waals surface area contributed by atoms with Gasteiger partial charge in [-0.2, -0.15) is 5.26 Å². The van der Waals surface area contributed by atoms with Gasteiger partial charge in [-0.3, -0.25) is 0 Å². The van der Waals surface area contributed by atoms with Crippen LogP contribution in [0.4, 0.5) is 8.78 Å². The highest BCUT2D eigenvalue weighted by Crippen LogP contribution is 2.22. The van der Waals surface area contributed by atoms with E-state index < -0.39 is 17.7 Å². The number of ether oxygens (including phenoxy) is 1. The van der Waals surface area contributed by atoms with Crippen LogP contribution in [0.2, 0.25) is 0 Å². The Morgan fingerprint density at radius 1 is 1.36 bits per heavy atom. The lowest BCUT2D eigenvalue weighted by Gasteiger charge is -2.10. The van der Waals surface area contributed by atoms with Gasteiger partial charge in [-0.05, 0) is 25.5 Å². The van der Waals surface area contributed by atoms with Crippen molar-refractivity contribution in [1.82, 2.24) is 0 Å². The van der Waals surface area contributed by atoms with Crippen LogP contribution >= 0.6 is 0 Å². The Morgan fingerprint density at radius 3 is 2.50 bits per heavy atom. The first-order valence-electron chi connectivity index (χ1n) is 4.06. The van der Waals surface area contributed by atoms with Crippen LogP contribution in [0.5, 0.6) is 5.75 Å². The molecule has 0 N–H and O–H groups in total. The number of hydrogen-bond acceptors (Lipinski definition) is 2. The van der Waals surface area contributed by atoms with E-state index in [1.165, 1.54) is 6.92 Å². The van der Waals surface area contributed by atoms with E-state index in [4.69, 9.17) is 10.00 Å². The SMILES string of the molecule is Cc1cc(F)c(F)cc1OC(C)C#N. The number of nitrogens with zero attached hydrogens (tertiary/aromatic N) is 1. The molecule has 0 aliphatic carbocycles. The minimum absolute atomic E-state index is 0.193. The monoisotopic (exact) mass is 197 g/mol. The molecule has 0 saturated carbocycles. The molecule has 1 rings (SSSR count). The Hall–Kier alpha value is -1.63. The summed E-state index contributed by atoms with van der Waals surface area (Å²) in [5.74, 6) is -1.70. The summed E-state index contributed by atoms with van der Waals surface area (Å²) in [6.45, 7) is 3.11. The van der Waals surface area contributed by atoms with Crippen LogP contribution < -0.4 is 4.74 Å². The Bertz CT molecular complexity index is 384. The van der Waals surface area contributed by atoms with Crippen LogP contribution in [0.25, 0.3) is 0 Å². The first-order valence-corrected chi connectivity index (χ1v) is 4.06. The van der Waals surface area contributed by atoms with E-state index in [-0.39, 0.29) is 5.75 Å². The standard InChI is InChI=1S/C10H9F2NO/c1-6-3-8(11)9(12)4-10(6)14-7(2)5-13/h3-4,7H,1-2H3. The van der Waals surface area contributed by atoms with Crippen molar-refractivity contribution in [3.63, 3.8) is 0 Å². The van der Waals surface area contributed by atoms with Gasteiger partial charge in [0, 0.05) is 6.07 Å². The number of rotatable bonds is 2. The molecule has 0 aliphatic heterocycles. The Morgan fingerprint density at radius 2 is 1.93 bits per heavy atom. The fourth-order valence-corrected chi connectivity index (χ4v) is 0.972. The zero-order chi connectivity index (χ0) is 10.7. The molecule has 0 radical (unpaired) electrons. The van der Waals surface area contributed by atoms with Gasteiger partial charge in [-0.1, -0.05) is 0 Å². The third-order valence-corrected chi connectivity index (χ3v) is 1.70. The second-order valence-corrected chi connectivity index (χ2v) is 2.92. The predicted octanol–water partition coefficient (Wildman–Crippen LogP) is 2.56. The molecule has 1 aromatic rings. The molecular formula is C10H9F2NO. The summed E-state index contributed by atoms with van der Waals surface area (Å²) < 4.78 is 30.5. The predicted molar refractivity (Wildman–Crippen MR) is 46.8 cm³/mol. The maximum atomic E-state index is 12.8. The normalized spacial score (nSPS) is 11.9. The second kappa shape index (κ2) is 4.05. The molecule has 1 unspecified atom stereocenters. The van der Waals surface area contributed by atoms with Crippen LogP contribution in [-0.2, 0) is 0 Å². The zero-order valence-electron chi connectivity index (χ0n) is 7.84. The summed E-state index contributed by atoms with van der Waals surface area (Å²) in [4.78, 5) is 0. The summed E-state index contributed by atoms with van der Waals surface area (Å²) >= 11 is 0. The molecule has 0 spiro atoms. The Labute approximate surface area is 80.7 Å². The molecule has 0 bridgehead atoms. The Balaban J connectivity index is 2.99. The molecule has 0 aromatic heterocycles. The summed E-state index contributed by atoms with van der Waals surface area (Å²) in [7, 11) is 0. The van der Waals surface area contributed by atoms with E-state index >= 15 is 0 Å². The molecule has 0 heterocycles. The average molecular weight is 197 g/mol. The van der Waals surface area contributed by atoms with Gasteiger partial charge in [-0.15, -0.1) is 0 Å². The molecule has 0 saturated heterocycles. The number of nitriles is 1. The molecule has 2 nitrogen and oxygen atoms in total. The highest BCUT2D eigenvalue weighted by Gasteiger charge is 2.10. The largest absolute Gasteiger partial charge is 0.475 e. The lowest BCUT2D eigenvalue weighted by atomic mass is 10.2. The van der Waals surface area contributed by atoms with Crippen LogP contribution in [0.1, 0.15) is 12.5 Å². The minimum atomic E-state index is -0.976. The van der Waals surface area contributed by atoms with Gasteiger partial charge in [0.25, 0.3) is 0 Å². The molecule has 0 aliphatic rings. The van der Waals surface area contributed by atoms with Crippen molar-refractivity contribution in [2.45, 2.75) is 20.0 Å². The van der Waals surface area contributed by atoms with E-state index in [9.17, 15) is 8.78 Å². The number of aryl methyl sites for hydroxylation is 1. The quantitative estimate of drug-likeness (QED) is 0.729. The maximum Gasteiger partial charge on any atom is 0.181 e. The lowest BCUT2D eigenvalue weighted by Crippen LogP contribution is -2.09. The van der Waals surface area contributed by atoms with E-state index in [0.717, 1.165) is 12.1 Å². The van der Waals surface area contributed by atoms with Gasteiger partial charge in [0.1, 0.15) is 11.8 Å². The number of benzene rings is 1. The molecule has 1 atom stereocenters. The van der Waals surface area contributed by atoms with Crippen LogP contribution in [0, 0.1) is 29.9 Å². The third kappa shape index (κ3) is 2.19. The van der Waals surface area contributed by atoms with Crippen molar-refractivity contribution in [2.75, 3.05) is 0 Å². The molecule has 4 heteroatoms. The fraction of sp³-hybridized carbons (Fsp3) is 0.300. The molecule has 0 fully saturated rings. The van der Waals surface area contributed by atoms with E-state index in [0.29, 0.717) is 5.56 Å². The van der Waals surface area contributed by atoms with Crippen LogP contribution in [0.3, 0.4) is 0 Å². The summed E-state index contributed by atoms with van der Waals surface area (Å²) in [5.41, 5.74) is 0.464. The van der Waals surface area contributed by atoms with Gasteiger partial charge < -0.3 is 4.74 Å². The first kappa shape index (κ1) is 10.5. The van der Waals surface area contributed by atoms with Gasteiger partial charge in [0.05, 0.1) is 0 Å². The average Bonchev–Trinajstić information content (AvgIpc) is 2.14. The zero-order valence-corrected chi connectivity index (χ0v) is 7.84. The van der Waals surface area contributed by atoms with Gasteiger partial charge in [0.15, 0.2) is 17.7 Å². The van der Waals surface area contributed by atoms with E-state index in [1.807, 2.05) is 6.07 Å². The van der Waals surface area contributed by atoms with E-state index in [2.05, 4.69) is 0 Å². The molecule has 74 valence electrons. The van der Waals surface area contributed by atoms with Gasteiger partial charge in [-0.25, -0.2) is 8.78 Å². The highest BCUT2D eigenvalue weighted by atomic mass is 19.2. The molecule has 1 aromatic carbocycles. The molecular weight excluding hydrogens is 188 g/mol.